The van der Waals surface area contributed by atoms with Gasteiger partial charge in [0.25, 0.3) is 0 Å². The molecule has 2 aromatic rings. The van der Waals surface area contributed by atoms with Crippen molar-refractivity contribution in [1.82, 2.24) is 14.8 Å². The largest absolute Gasteiger partial charge is 0.254 e. The number of aliphatic imine (C=N–C) groups is 1. The molecule has 80 valence electrons. The first-order valence-electron chi connectivity index (χ1n) is 4.86. The highest BCUT2D eigenvalue weighted by atomic mass is 15.3. The molecule has 16 heavy (non-hydrogen) atoms. The fraction of sp³-hybridized carbons (Fsp3) is 0.0833. The molecule has 0 aliphatic carbocycles. The maximum atomic E-state index is 4.30. The summed E-state index contributed by atoms with van der Waals surface area (Å²) in [6.45, 7) is 9.13. The van der Waals surface area contributed by atoms with Crippen molar-refractivity contribution in [3.05, 3.63) is 36.5 Å². The topological polar surface area (TPSA) is 43.1 Å². The lowest BCUT2D eigenvalue weighted by molar-refractivity contribution is 0.937. The van der Waals surface area contributed by atoms with E-state index in [9.17, 15) is 0 Å². The van der Waals surface area contributed by atoms with Gasteiger partial charge in [0.1, 0.15) is 5.69 Å². The smallest absolute Gasteiger partial charge is 0.154 e. The number of aryl methyl sites for hydroxylation is 1. The molecule has 0 unspecified atom stereocenters. The van der Waals surface area contributed by atoms with E-state index in [0.717, 1.165) is 17.0 Å². The van der Waals surface area contributed by atoms with Crippen LogP contribution >= 0.6 is 0 Å². The lowest BCUT2D eigenvalue weighted by atomic mass is 10.2. The standard InChI is InChI=1S/C12H12N4/c1-4-16-12(13-3)7-11(15-16)10-6-5-9(2)8-14-10/h4-8H,1,3H2,2H3. The molecule has 2 rings (SSSR count). The third kappa shape index (κ3) is 1.77. The Hall–Kier alpha value is -2.23. The molecule has 0 atom stereocenters. The number of aromatic nitrogens is 3. The Morgan fingerprint density at radius 3 is 2.69 bits per heavy atom. The normalized spacial score (nSPS) is 10.1. The Bertz CT molecular complexity index is 497. The first-order valence-corrected chi connectivity index (χ1v) is 4.86. The van der Waals surface area contributed by atoms with Crippen molar-refractivity contribution in [2.75, 3.05) is 0 Å². The minimum atomic E-state index is 0.660. The van der Waals surface area contributed by atoms with Crippen LogP contribution in [0.15, 0.2) is 36.0 Å². The minimum absolute atomic E-state index is 0.660. The van der Waals surface area contributed by atoms with E-state index in [1.165, 1.54) is 0 Å². The van der Waals surface area contributed by atoms with Crippen LogP contribution < -0.4 is 0 Å². The van der Waals surface area contributed by atoms with Gasteiger partial charge >= 0.3 is 0 Å². The van der Waals surface area contributed by atoms with E-state index in [1.54, 1.807) is 10.9 Å². The highest BCUT2D eigenvalue weighted by Crippen LogP contribution is 2.21. The fourth-order valence-corrected chi connectivity index (χ4v) is 1.38. The highest BCUT2D eigenvalue weighted by molar-refractivity contribution is 5.60. The van der Waals surface area contributed by atoms with Crippen LogP contribution in [0.3, 0.4) is 0 Å². The Balaban J connectivity index is 2.48. The van der Waals surface area contributed by atoms with Gasteiger partial charge in [-0.05, 0) is 25.3 Å². The Morgan fingerprint density at radius 1 is 1.38 bits per heavy atom. The summed E-state index contributed by atoms with van der Waals surface area (Å²) in [6.07, 6.45) is 3.39. The Labute approximate surface area is 94.0 Å². The highest BCUT2D eigenvalue weighted by Gasteiger charge is 2.07. The van der Waals surface area contributed by atoms with Crippen LogP contribution in [0.2, 0.25) is 0 Å². The quantitative estimate of drug-likeness (QED) is 0.734. The molecular weight excluding hydrogens is 200 g/mol. The second kappa shape index (κ2) is 4.10. The van der Waals surface area contributed by atoms with Crippen LogP contribution in [0.5, 0.6) is 0 Å². The molecule has 0 spiro atoms. The van der Waals surface area contributed by atoms with E-state index in [1.807, 2.05) is 31.3 Å². The third-order valence-corrected chi connectivity index (χ3v) is 2.22. The maximum Gasteiger partial charge on any atom is 0.154 e. The molecule has 0 aliphatic heterocycles. The summed E-state index contributed by atoms with van der Waals surface area (Å²) in [6, 6.07) is 5.75. The van der Waals surface area contributed by atoms with Crippen molar-refractivity contribution in [2.45, 2.75) is 6.92 Å². The molecule has 0 aromatic carbocycles. The predicted molar refractivity (Wildman–Crippen MR) is 65.8 cm³/mol. The van der Waals surface area contributed by atoms with E-state index in [2.05, 4.69) is 28.4 Å². The van der Waals surface area contributed by atoms with Crippen LogP contribution in [0.4, 0.5) is 5.82 Å². The summed E-state index contributed by atoms with van der Waals surface area (Å²) < 4.78 is 1.57. The molecule has 0 aliphatic rings. The van der Waals surface area contributed by atoms with Gasteiger partial charge in [-0.25, -0.2) is 9.67 Å². The minimum Gasteiger partial charge on any atom is -0.254 e. The summed E-state index contributed by atoms with van der Waals surface area (Å²) in [5.41, 5.74) is 2.70. The van der Waals surface area contributed by atoms with Gasteiger partial charge in [-0.3, -0.25) is 4.98 Å². The van der Waals surface area contributed by atoms with E-state index >= 15 is 0 Å². The van der Waals surface area contributed by atoms with Gasteiger partial charge in [0.2, 0.25) is 0 Å². The number of hydrogen-bond donors (Lipinski definition) is 0. The second-order valence-electron chi connectivity index (χ2n) is 3.39. The molecule has 4 heteroatoms. The summed E-state index contributed by atoms with van der Waals surface area (Å²) in [4.78, 5) is 8.16. The van der Waals surface area contributed by atoms with Gasteiger partial charge in [0.05, 0.1) is 5.69 Å². The molecule has 0 amide bonds. The van der Waals surface area contributed by atoms with Gasteiger partial charge in [-0.2, -0.15) is 5.10 Å². The van der Waals surface area contributed by atoms with Gasteiger partial charge in [0, 0.05) is 18.5 Å². The van der Waals surface area contributed by atoms with Gasteiger partial charge in [0.15, 0.2) is 5.82 Å². The zero-order valence-corrected chi connectivity index (χ0v) is 9.09. The third-order valence-electron chi connectivity index (χ3n) is 2.22. The van der Waals surface area contributed by atoms with E-state index < -0.39 is 0 Å². The molecule has 0 saturated carbocycles. The van der Waals surface area contributed by atoms with E-state index in [0.29, 0.717) is 5.82 Å². The first-order chi connectivity index (χ1) is 7.74. The van der Waals surface area contributed by atoms with Crippen LogP contribution in [0.25, 0.3) is 17.6 Å². The van der Waals surface area contributed by atoms with Crippen LogP contribution in [-0.2, 0) is 0 Å². The number of nitrogens with zero attached hydrogens (tertiary/aromatic N) is 4. The first kappa shape index (κ1) is 10.3. The zero-order valence-electron chi connectivity index (χ0n) is 9.09. The van der Waals surface area contributed by atoms with Gasteiger partial charge < -0.3 is 0 Å². The monoisotopic (exact) mass is 212 g/mol. The lowest BCUT2D eigenvalue weighted by Crippen LogP contribution is -1.89. The molecule has 0 radical (unpaired) electrons. The number of rotatable bonds is 3. The van der Waals surface area contributed by atoms with E-state index in [-0.39, 0.29) is 0 Å². The number of hydrogen-bond acceptors (Lipinski definition) is 3. The van der Waals surface area contributed by atoms with Crippen LogP contribution in [0.1, 0.15) is 5.56 Å². The average molecular weight is 212 g/mol. The fourth-order valence-electron chi connectivity index (χ4n) is 1.38. The average Bonchev–Trinajstić information content (AvgIpc) is 2.73. The van der Waals surface area contributed by atoms with Crippen molar-refractivity contribution in [1.29, 1.82) is 0 Å². The summed E-state index contributed by atoms with van der Waals surface area (Å²) in [5.74, 6) is 0.660. The summed E-state index contributed by atoms with van der Waals surface area (Å²) in [7, 11) is 0. The molecule has 0 fully saturated rings. The molecule has 4 nitrogen and oxygen atoms in total. The van der Waals surface area contributed by atoms with Crippen molar-refractivity contribution in [3.8, 4) is 11.4 Å². The van der Waals surface area contributed by atoms with Crippen molar-refractivity contribution < 1.29 is 0 Å². The maximum absolute atomic E-state index is 4.30. The van der Waals surface area contributed by atoms with Crippen molar-refractivity contribution in [3.63, 3.8) is 0 Å². The van der Waals surface area contributed by atoms with Crippen LogP contribution in [-0.4, -0.2) is 21.5 Å². The summed E-state index contributed by atoms with van der Waals surface area (Å²) >= 11 is 0. The van der Waals surface area contributed by atoms with Crippen molar-refractivity contribution >= 4 is 18.7 Å². The SMILES string of the molecule is C=Cn1nc(-c2ccc(C)cn2)cc1N=C. The predicted octanol–water partition coefficient (Wildman–Crippen LogP) is 2.69. The Kier molecular flexibility index (Phi) is 2.64. The molecule has 2 aromatic heterocycles. The molecule has 0 bridgehead atoms. The molecule has 2 heterocycles. The molecule has 0 saturated heterocycles. The van der Waals surface area contributed by atoms with Gasteiger partial charge in [-0.15, -0.1) is 0 Å². The lowest BCUT2D eigenvalue weighted by Gasteiger charge is -1.95. The van der Waals surface area contributed by atoms with E-state index in [4.69, 9.17) is 0 Å². The molecule has 0 N–H and O–H groups in total. The van der Waals surface area contributed by atoms with Crippen LogP contribution in [0, 0.1) is 6.92 Å². The summed E-state index contributed by atoms with van der Waals surface area (Å²) in [5, 5.41) is 4.30. The Morgan fingerprint density at radius 2 is 2.19 bits per heavy atom. The van der Waals surface area contributed by atoms with Gasteiger partial charge in [-0.1, -0.05) is 12.6 Å². The molecular formula is C12H12N4. The number of pyridine rings is 1. The second-order valence-corrected chi connectivity index (χ2v) is 3.39. The van der Waals surface area contributed by atoms with Crippen molar-refractivity contribution in [2.24, 2.45) is 4.99 Å². The zero-order chi connectivity index (χ0) is 11.5.